The molecule has 1 saturated heterocycles. The Bertz CT molecular complexity index is 422. The first-order valence-corrected chi connectivity index (χ1v) is 7.70. The lowest BCUT2D eigenvalue weighted by Gasteiger charge is -2.41. The average Bonchev–Trinajstić information content (AvgIpc) is 2.50. The summed E-state index contributed by atoms with van der Waals surface area (Å²) >= 11 is 0. The quantitative estimate of drug-likeness (QED) is 0.772. The summed E-state index contributed by atoms with van der Waals surface area (Å²) in [5.74, 6) is -0.0993. The Kier molecular flexibility index (Phi) is 5.18. The molecule has 0 saturated carbocycles. The molecule has 0 unspecified atom stereocenters. The van der Waals surface area contributed by atoms with Crippen molar-refractivity contribution in [2.45, 2.75) is 45.1 Å². The van der Waals surface area contributed by atoms with Crippen molar-refractivity contribution in [1.82, 2.24) is 4.90 Å². The van der Waals surface area contributed by atoms with Crippen molar-refractivity contribution >= 4 is 5.97 Å². The van der Waals surface area contributed by atoms with E-state index in [4.69, 9.17) is 4.74 Å². The first kappa shape index (κ1) is 15.0. The summed E-state index contributed by atoms with van der Waals surface area (Å²) in [5, 5.41) is 0. The van der Waals surface area contributed by atoms with Crippen LogP contribution in [-0.2, 0) is 15.1 Å². The van der Waals surface area contributed by atoms with Crippen molar-refractivity contribution < 1.29 is 9.53 Å². The van der Waals surface area contributed by atoms with Gasteiger partial charge in [0.25, 0.3) is 0 Å². The Labute approximate surface area is 121 Å². The third kappa shape index (κ3) is 3.40. The van der Waals surface area contributed by atoms with Crippen LogP contribution in [0.2, 0.25) is 0 Å². The van der Waals surface area contributed by atoms with Crippen LogP contribution in [-0.4, -0.2) is 30.5 Å². The highest BCUT2D eigenvalue weighted by Crippen LogP contribution is 2.37. The number of benzene rings is 1. The molecule has 0 N–H and O–H groups in total. The van der Waals surface area contributed by atoms with Gasteiger partial charge in [-0.3, -0.25) is 4.79 Å². The van der Waals surface area contributed by atoms with E-state index in [-0.39, 0.29) is 5.97 Å². The van der Waals surface area contributed by atoms with Crippen molar-refractivity contribution in [3.05, 3.63) is 35.9 Å². The van der Waals surface area contributed by atoms with E-state index in [1.165, 1.54) is 6.42 Å². The molecule has 3 nitrogen and oxygen atoms in total. The summed E-state index contributed by atoms with van der Waals surface area (Å²) in [6.45, 7) is 7.19. The molecule has 1 aromatic rings. The second-order valence-electron chi connectivity index (χ2n) is 5.53. The number of esters is 1. The Balaban J connectivity index is 2.16. The molecule has 0 aromatic heterocycles. The fourth-order valence-corrected chi connectivity index (χ4v) is 2.94. The van der Waals surface area contributed by atoms with Gasteiger partial charge in [0.05, 0.1) is 0 Å². The van der Waals surface area contributed by atoms with Crippen LogP contribution in [0.1, 0.15) is 45.1 Å². The highest BCUT2D eigenvalue weighted by molar-refractivity contribution is 5.69. The summed E-state index contributed by atoms with van der Waals surface area (Å²) in [5.41, 5.74) is 0.719. The van der Waals surface area contributed by atoms with E-state index in [2.05, 4.69) is 24.0 Å². The van der Waals surface area contributed by atoms with Crippen LogP contribution in [0.4, 0.5) is 0 Å². The molecule has 1 fully saturated rings. The molecule has 2 rings (SSSR count). The minimum absolute atomic E-state index is 0.0993. The lowest BCUT2D eigenvalue weighted by atomic mass is 9.84. The number of hydrogen-bond acceptors (Lipinski definition) is 3. The molecule has 0 radical (unpaired) electrons. The normalized spacial score (nSPS) is 18.7. The van der Waals surface area contributed by atoms with Gasteiger partial charge in [0.15, 0.2) is 0 Å². The molecule has 1 heterocycles. The molecular weight excluding hydrogens is 250 g/mol. The fraction of sp³-hybridized carbons (Fsp3) is 0.588. The molecule has 0 atom stereocenters. The van der Waals surface area contributed by atoms with Gasteiger partial charge in [-0.2, -0.15) is 0 Å². The zero-order chi connectivity index (χ0) is 14.4. The van der Waals surface area contributed by atoms with E-state index in [1.54, 1.807) is 0 Å². The van der Waals surface area contributed by atoms with Crippen molar-refractivity contribution in [3.63, 3.8) is 0 Å². The average molecular weight is 275 g/mol. The second kappa shape index (κ2) is 6.89. The summed E-state index contributed by atoms with van der Waals surface area (Å²) in [7, 11) is 0. The van der Waals surface area contributed by atoms with Crippen LogP contribution in [0.5, 0.6) is 0 Å². The third-order valence-electron chi connectivity index (χ3n) is 4.10. The number of ether oxygens (including phenoxy) is 1. The lowest BCUT2D eigenvalue weighted by molar-refractivity contribution is -0.166. The van der Waals surface area contributed by atoms with Crippen LogP contribution in [0.15, 0.2) is 30.3 Å². The number of piperidine rings is 1. The van der Waals surface area contributed by atoms with Crippen molar-refractivity contribution in [3.8, 4) is 0 Å². The second-order valence-corrected chi connectivity index (χ2v) is 5.53. The standard InChI is InChI=1S/C17H25NO2/c1-3-12-18-13-10-17(11-14-18,20-16(19)4-2)15-8-6-5-7-9-15/h5-9H,3-4,10-14H2,1-2H3. The molecule has 1 aromatic carbocycles. The van der Waals surface area contributed by atoms with Crippen LogP contribution in [0.25, 0.3) is 0 Å². The van der Waals surface area contributed by atoms with Crippen molar-refractivity contribution in [2.24, 2.45) is 0 Å². The van der Waals surface area contributed by atoms with E-state index < -0.39 is 5.60 Å². The van der Waals surface area contributed by atoms with Crippen LogP contribution in [0.3, 0.4) is 0 Å². The van der Waals surface area contributed by atoms with Gasteiger partial charge >= 0.3 is 5.97 Å². The molecular formula is C17H25NO2. The number of hydrogen-bond donors (Lipinski definition) is 0. The lowest BCUT2D eigenvalue weighted by Crippen LogP contribution is -2.45. The summed E-state index contributed by atoms with van der Waals surface area (Å²) < 4.78 is 5.88. The molecule has 1 aliphatic heterocycles. The van der Waals surface area contributed by atoms with Crippen molar-refractivity contribution in [2.75, 3.05) is 19.6 Å². The monoisotopic (exact) mass is 275 g/mol. The smallest absolute Gasteiger partial charge is 0.306 e. The predicted octanol–water partition coefficient (Wildman–Crippen LogP) is 3.34. The van der Waals surface area contributed by atoms with Gasteiger partial charge in [-0.15, -0.1) is 0 Å². The van der Waals surface area contributed by atoms with Crippen LogP contribution in [0, 0.1) is 0 Å². The van der Waals surface area contributed by atoms with Gasteiger partial charge in [0, 0.05) is 32.4 Å². The van der Waals surface area contributed by atoms with Gasteiger partial charge in [-0.25, -0.2) is 0 Å². The molecule has 3 heteroatoms. The van der Waals surface area contributed by atoms with Crippen LogP contribution < -0.4 is 0 Å². The van der Waals surface area contributed by atoms with Gasteiger partial charge in [-0.1, -0.05) is 44.2 Å². The topological polar surface area (TPSA) is 29.5 Å². The van der Waals surface area contributed by atoms with Gasteiger partial charge in [-0.05, 0) is 18.5 Å². The molecule has 0 bridgehead atoms. The number of likely N-dealkylation sites (tertiary alicyclic amines) is 1. The van der Waals surface area contributed by atoms with E-state index >= 15 is 0 Å². The highest BCUT2D eigenvalue weighted by Gasteiger charge is 2.39. The maximum absolute atomic E-state index is 11.8. The predicted molar refractivity (Wildman–Crippen MR) is 80.5 cm³/mol. The zero-order valence-corrected chi connectivity index (χ0v) is 12.6. The molecule has 20 heavy (non-hydrogen) atoms. The maximum Gasteiger partial charge on any atom is 0.306 e. The third-order valence-corrected chi connectivity index (χ3v) is 4.10. The van der Waals surface area contributed by atoms with E-state index in [0.717, 1.165) is 38.0 Å². The van der Waals surface area contributed by atoms with E-state index in [0.29, 0.717) is 6.42 Å². The Morgan fingerprint density at radius 1 is 1.20 bits per heavy atom. The summed E-state index contributed by atoms with van der Waals surface area (Å²) in [6, 6.07) is 10.2. The Hall–Kier alpha value is -1.35. The minimum Gasteiger partial charge on any atom is -0.454 e. The highest BCUT2D eigenvalue weighted by atomic mass is 16.6. The fourth-order valence-electron chi connectivity index (χ4n) is 2.94. The molecule has 0 amide bonds. The van der Waals surface area contributed by atoms with Crippen LogP contribution >= 0.6 is 0 Å². The summed E-state index contributed by atoms with van der Waals surface area (Å²) in [6.07, 6.45) is 3.39. The Morgan fingerprint density at radius 3 is 2.40 bits per heavy atom. The first-order chi connectivity index (χ1) is 9.70. The van der Waals surface area contributed by atoms with Crippen molar-refractivity contribution in [1.29, 1.82) is 0 Å². The SMILES string of the molecule is CCCN1CCC(OC(=O)CC)(c2ccccc2)CC1. The van der Waals surface area contributed by atoms with E-state index in [1.807, 2.05) is 25.1 Å². The van der Waals surface area contributed by atoms with Gasteiger partial charge in [0.2, 0.25) is 0 Å². The number of nitrogens with zero attached hydrogens (tertiary/aromatic N) is 1. The maximum atomic E-state index is 11.8. The molecule has 110 valence electrons. The number of carbonyl (C=O) groups is 1. The number of rotatable bonds is 5. The van der Waals surface area contributed by atoms with Gasteiger partial charge in [0.1, 0.15) is 5.60 Å². The molecule has 1 aliphatic rings. The molecule has 0 aliphatic carbocycles. The number of carbonyl (C=O) groups excluding carboxylic acids is 1. The van der Waals surface area contributed by atoms with E-state index in [9.17, 15) is 4.79 Å². The summed E-state index contributed by atoms with van der Waals surface area (Å²) in [4.78, 5) is 14.3. The Morgan fingerprint density at radius 2 is 1.85 bits per heavy atom. The van der Waals surface area contributed by atoms with Gasteiger partial charge < -0.3 is 9.64 Å². The molecule has 0 spiro atoms. The first-order valence-electron chi connectivity index (χ1n) is 7.70. The minimum atomic E-state index is -0.418. The zero-order valence-electron chi connectivity index (χ0n) is 12.6. The largest absolute Gasteiger partial charge is 0.454 e.